The molecule has 0 aliphatic carbocycles. The molecule has 1 fully saturated rings. The number of para-hydroxylation sites is 1. The molecule has 1 aliphatic rings. The summed E-state index contributed by atoms with van der Waals surface area (Å²) in [4.78, 5) is 15.3. The highest BCUT2D eigenvalue weighted by molar-refractivity contribution is 5.95. The Kier molecular flexibility index (Phi) is 6.55. The lowest BCUT2D eigenvalue weighted by Gasteiger charge is -2.39. The lowest BCUT2D eigenvalue weighted by atomic mass is 9.85. The van der Waals surface area contributed by atoms with E-state index in [1.165, 1.54) is 22.5 Å². The molecule has 2 aromatic carbocycles. The first-order valence-corrected chi connectivity index (χ1v) is 10.9. The minimum absolute atomic E-state index is 0.188. The Morgan fingerprint density at radius 3 is 2.69 bits per heavy atom. The average molecular weight is 437 g/mol. The Morgan fingerprint density at radius 1 is 1.22 bits per heavy atom. The molecule has 0 bridgehead atoms. The van der Waals surface area contributed by atoms with E-state index in [-0.39, 0.29) is 23.7 Å². The number of halogens is 1. The summed E-state index contributed by atoms with van der Waals surface area (Å²) in [5.74, 6) is 0.553. The van der Waals surface area contributed by atoms with Gasteiger partial charge in [0.2, 0.25) is 0 Å². The van der Waals surface area contributed by atoms with Gasteiger partial charge >= 0.3 is 0 Å². The van der Waals surface area contributed by atoms with Crippen LogP contribution in [0.3, 0.4) is 0 Å². The van der Waals surface area contributed by atoms with E-state index < -0.39 is 0 Å². The van der Waals surface area contributed by atoms with Crippen LogP contribution in [0.5, 0.6) is 5.75 Å². The van der Waals surface area contributed by atoms with Gasteiger partial charge in [-0.05, 0) is 69.1 Å². The maximum absolute atomic E-state index is 14.2. The second-order valence-corrected chi connectivity index (χ2v) is 8.32. The molecule has 0 saturated carbocycles. The Hall–Kier alpha value is -3.19. The van der Waals surface area contributed by atoms with E-state index in [0.717, 1.165) is 25.1 Å². The molecule has 0 radical (unpaired) electrons. The van der Waals surface area contributed by atoms with Crippen LogP contribution in [0.15, 0.2) is 54.7 Å². The normalized spacial score (nSPS) is 19.0. The quantitative estimate of drug-likeness (QED) is 0.631. The topological polar surface area (TPSA) is 59.4 Å². The fourth-order valence-electron chi connectivity index (χ4n) is 4.62. The van der Waals surface area contributed by atoms with E-state index in [1.807, 2.05) is 12.1 Å². The monoisotopic (exact) mass is 436 g/mol. The van der Waals surface area contributed by atoms with Crippen LogP contribution in [0, 0.1) is 18.7 Å². The number of nitrogens with zero attached hydrogens (tertiary/aromatic N) is 3. The number of aromatic nitrogens is 2. The number of likely N-dealkylation sites (tertiary alicyclic amines) is 1. The zero-order valence-corrected chi connectivity index (χ0v) is 18.7. The Labute approximate surface area is 188 Å². The van der Waals surface area contributed by atoms with E-state index in [0.29, 0.717) is 23.5 Å². The number of amides is 1. The molecule has 1 aromatic heterocycles. The molecule has 4 rings (SSSR count). The van der Waals surface area contributed by atoms with Gasteiger partial charge < -0.3 is 10.1 Å². The van der Waals surface area contributed by atoms with Gasteiger partial charge in [-0.1, -0.05) is 24.3 Å². The zero-order valence-electron chi connectivity index (χ0n) is 18.7. The van der Waals surface area contributed by atoms with E-state index in [9.17, 15) is 9.18 Å². The number of carbonyl (C=O) groups excluding carboxylic acids is 1. The molecule has 0 spiro atoms. The highest BCUT2D eigenvalue weighted by Gasteiger charge is 2.31. The van der Waals surface area contributed by atoms with Crippen LogP contribution < -0.4 is 10.1 Å². The summed E-state index contributed by atoms with van der Waals surface area (Å²) in [5.41, 5.74) is 2.62. The summed E-state index contributed by atoms with van der Waals surface area (Å²) < 4.78 is 20.9. The molecule has 1 N–H and O–H groups in total. The molecule has 2 atom stereocenters. The molecule has 6 nitrogen and oxygen atoms in total. The number of methoxy groups -OCH3 is 1. The molecule has 3 aromatic rings. The van der Waals surface area contributed by atoms with Gasteiger partial charge in [-0.3, -0.25) is 9.69 Å². The SMILES string of the molecule is COc1ccc(C2C(CNC(=O)c3cnn(-c4ccccc4F)c3C)CCCN2C)cc1. The van der Waals surface area contributed by atoms with E-state index in [1.54, 1.807) is 32.2 Å². The van der Waals surface area contributed by atoms with Gasteiger partial charge in [-0.15, -0.1) is 0 Å². The molecule has 7 heteroatoms. The Morgan fingerprint density at radius 2 is 1.97 bits per heavy atom. The summed E-state index contributed by atoms with van der Waals surface area (Å²) in [6.07, 6.45) is 3.63. The minimum Gasteiger partial charge on any atom is -0.497 e. The van der Waals surface area contributed by atoms with Crippen molar-refractivity contribution in [3.8, 4) is 11.4 Å². The Bertz CT molecular complexity index is 1080. The van der Waals surface area contributed by atoms with Crippen molar-refractivity contribution in [1.29, 1.82) is 0 Å². The lowest BCUT2D eigenvalue weighted by molar-refractivity contribution is 0.0890. The van der Waals surface area contributed by atoms with Gasteiger partial charge in [0.25, 0.3) is 5.91 Å². The van der Waals surface area contributed by atoms with Crippen LogP contribution in [0.4, 0.5) is 4.39 Å². The van der Waals surface area contributed by atoms with Crippen molar-refractivity contribution in [2.45, 2.75) is 25.8 Å². The molecule has 1 amide bonds. The molecular formula is C25H29FN4O2. The molecule has 1 saturated heterocycles. The number of ether oxygens (including phenoxy) is 1. The first kappa shape index (κ1) is 22.0. The third-order valence-electron chi connectivity index (χ3n) is 6.32. The van der Waals surface area contributed by atoms with Crippen molar-refractivity contribution < 1.29 is 13.9 Å². The minimum atomic E-state index is -0.377. The maximum Gasteiger partial charge on any atom is 0.254 e. The number of piperidine rings is 1. The maximum atomic E-state index is 14.2. The number of hydrogen-bond donors (Lipinski definition) is 1. The third kappa shape index (κ3) is 4.39. The van der Waals surface area contributed by atoms with E-state index >= 15 is 0 Å². The van der Waals surface area contributed by atoms with Crippen molar-refractivity contribution in [3.05, 3.63) is 77.4 Å². The summed E-state index contributed by atoms with van der Waals surface area (Å²) in [6.45, 7) is 3.36. The number of hydrogen-bond acceptors (Lipinski definition) is 4. The van der Waals surface area contributed by atoms with Gasteiger partial charge in [0.05, 0.1) is 24.6 Å². The van der Waals surface area contributed by atoms with Crippen LogP contribution in [-0.2, 0) is 0 Å². The van der Waals surface area contributed by atoms with Crippen molar-refractivity contribution in [3.63, 3.8) is 0 Å². The second kappa shape index (κ2) is 9.53. The standard InChI is InChI=1S/C25H29FN4O2/c1-17-21(16-28-30(17)23-9-5-4-8-22(23)26)25(31)27-15-19-7-6-14-29(2)24(19)18-10-12-20(32-3)13-11-18/h4-5,8-13,16,19,24H,6-7,14-15H2,1-3H3,(H,27,31). The van der Waals surface area contributed by atoms with Crippen molar-refractivity contribution in [2.75, 3.05) is 27.2 Å². The smallest absolute Gasteiger partial charge is 0.254 e. The molecule has 2 heterocycles. The molecular weight excluding hydrogens is 407 g/mol. The van der Waals surface area contributed by atoms with E-state index in [2.05, 4.69) is 34.5 Å². The van der Waals surface area contributed by atoms with Crippen LogP contribution in [0.25, 0.3) is 5.69 Å². The highest BCUT2D eigenvalue weighted by Crippen LogP contribution is 2.35. The zero-order chi connectivity index (χ0) is 22.7. The second-order valence-electron chi connectivity index (χ2n) is 8.32. The predicted octanol–water partition coefficient (Wildman–Crippen LogP) is 4.14. The summed E-state index contributed by atoms with van der Waals surface area (Å²) in [6, 6.07) is 14.8. The Balaban J connectivity index is 1.48. The number of carbonyl (C=O) groups is 1. The van der Waals surface area contributed by atoms with Crippen molar-refractivity contribution >= 4 is 5.91 Å². The predicted molar refractivity (Wildman–Crippen MR) is 122 cm³/mol. The lowest BCUT2D eigenvalue weighted by Crippen LogP contribution is -2.41. The van der Waals surface area contributed by atoms with Gasteiger partial charge in [0.1, 0.15) is 17.3 Å². The summed E-state index contributed by atoms with van der Waals surface area (Å²) in [7, 11) is 3.79. The van der Waals surface area contributed by atoms with Crippen LogP contribution in [-0.4, -0.2) is 47.8 Å². The molecule has 168 valence electrons. The fraction of sp³-hybridized carbons (Fsp3) is 0.360. The fourth-order valence-corrected chi connectivity index (χ4v) is 4.62. The summed E-state index contributed by atoms with van der Waals surface area (Å²) in [5, 5.41) is 7.34. The third-order valence-corrected chi connectivity index (χ3v) is 6.32. The number of nitrogens with one attached hydrogen (secondary N) is 1. The van der Waals surface area contributed by atoms with Crippen molar-refractivity contribution in [2.24, 2.45) is 5.92 Å². The molecule has 32 heavy (non-hydrogen) atoms. The number of rotatable bonds is 6. The molecule has 1 aliphatic heterocycles. The first-order valence-electron chi connectivity index (χ1n) is 10.9. The molecule has 2 unspecified atom stereocenters. The van der Waals surface area contributed by atoms with Gasteiger partial charge in [0.15, 0.2) is 0 Å². The largest absolute Gasteiger partial charge is 0.497 e. The highest BCUT2D eigenvalue weighted by atomic mass is 19.1. The van der Waals surface area contributed by atoms with Gasteiger partial charge in [-0.25, -0.2) is 9.07 Å². The summed E-state index contributed by atoms with van der Waals surface area (Å²) >= 11 is 0. The average Bonchev–Trinajstić information content (AvgIpc) is 3.19. The van der Waals surface area contributed by atoms with Gasteiger partial charge in [0, 0.05) is 12.6 Å². The van der Waals surface area contributed by atoms with E-state index in [4.69, 9.17) is 4.74 Å². The van der Waals surface area contributed by atoms with Crippen LogP contribution >= 0.6 is 0 Å². The van der Waals surface area contributed by atoms with Gasteiger partial charge in [-0.2, -0.15) is 5.10 Å². The van der Waals surface area contributed by atoms with Crippen LogP contribution in [0.1, 0.15) is 40.5 Å². The number of benzene rings is 2. The van der Waals surface area contributed by atoms with Crippen LogP contribution in [0.2, 0.25) is 0 Å². The van der Waals surface area contributed by atoms with Crippen molar-refractivity contribution in [1.82, 2.24) is 20.0 Å². The first-order chi connectivity index (χ1) is 15.5.